The van der Waals surface area contributed by atoms with Gasteiger partial charge >= 0.3 is 0 Å². The summed E-state index contributed by atoms with van der Waals surface area (Å²) in [4.78, 5) is 9.34. The quantitative estimate of drug-likeness (QED) is 0.409. The number of carboxylic acid groups (broad SMARTS) is 1. The van der Waals surface area contributed by atoms with Crippen LogP contribution in [0.1, 0.15) is 119 Å². The van der Waals surface area contributed by atoms with E-state index in [1.54, 1.807) is 5.57 Å². The molecule has 0 spiro atoms. The van der Waals surface area contributed by atoms with Crippen molar-refractivity contribution in [3.8, 4) is 0 Å². The Morgan fingerprint density at radius 2 is 1.72 bits per heavy atom. The van der Waals surface area contributed by atoms with Gasteiger partial charge < -0.3 is 20.1 Å². The van der Waals surface area contributed by atoms with Crippen molar-refractivity contribution in [2.45, 2.75) is 131 Å². The fourth-order valence-corrected chi connectivity index (χ4v) is 9.30. The first-order chi connectivity index (χ1) is 16.8. The number of carbonyl (C=O) groups is 1. The van der Waals surface area contributed by atoms with Crippen LogP contribution in [0.3, 0.4) is 0 Å². The number of fused-ring (bicyclic) bond motifs is 5. The highest BCUT2D eigenvalue weighted by Gasteiger charge is 2.59. The van der Waals surface area contributed by atoms with E-state index in [2.05, 4.69) is 47.6 Å². The van der Waals surface area contributed by atoms with E-state index in [0.29, 0.717) is 10.8 Å². The molecule has 208 valence electrons. The molecular weight excluding hydrogens is 448 g/mol. The van der Waals surface area contributed by atoms with Crippen molar-refractivity contribution in [1.29, 1.82) is 0 Å². The standard InChI is InChI=1S/C29H50O.C3H6O3/c1-7-21(19(2)3)9-8-20(4)25-12-13-26-24-11-10-22-18-23(30)14-16-28(22,5)27(24)15-17-29(25,26)6;1-2(4)3(5)6/h10,19-21,23-27,30H,7-9,11-18H2,1-6H3;2,4H,1H3,(H,5,6)/p-1/t20-,21-,23+,24+,25-,26+,27+,28+,29-;/m1./s1. The third-order valence-electron chi connectivity index (χ3n) is 11.6. The Labute approximate surface area is 221 Å². The van der Waals surface area contributed by atoms with E-state index in [-0.39, 0.29) is 6.10 Å². The van der Waals surface area contributed by atoms with Crippen LogP contribution in [0.2, 0.25) is 0 Å². The van der Waals surface area contributed by atoms with Gasteiger partial charge in [0.15, 0.2) is 0 Å². The van der Waals surface area contributed by atoms with Crippen LogP contribution in [0, 0.1) is 52.3 Å². The van der Waals surface area contributed by atoms with E-state index in [4.69, 9.17) is 5.11 Å². The Kier molecular flexibility index (Phi) is 9.80. The molecule has 2 N–H and O–H groups in total. The van der Waals surface area contributed by atoms with Crippen molar-refractivity contribution in [1.82, 2.24) is 0 Å². The average Bonchev–Trinajstić information content (AvgIpc) is 3.17. The molecule has 0 aromatic carbocycles. The van der Waals surface area contributed by atoms with Gasteiger partial charge in [0.05, 0.1) is 18.2 Å². The molecule has 0 aliphatic heterocycles. The lowest BCUT2D eigenvalue weighted by molar-refractivity contribution is -0.314. The summed E-state index contributed by atoms with van der Waals surface area (Å²) in [5.74, 6) is 4.87. The summed E-state index contributed by atoms with van der Waals surface area (Å²) >= 11 is 0. The number of hydrogen-bond acceptors (Lipinski definition) is 4. The highest BCUT2D eigenvalue weighted by molar-refractivity contribution is 5.68. The molecule has 0 heterocycles. The minimum Gasteiger partial charge on any atom is -0.547 e. The van der Waals surface area contributed by atoms with E-state index < -0.39 is 12.1 Å². The zero-order valence-electron chi connectivity index (χ0n) is 24.3. The zero-order valence-corrected chi connectivity index (χ0v) is 24.3. The second kappa shape index (κ2) is 11.9. The summed E-state index contributed by atoms with van der Waals surface area (Å²) in [6.45, 7) is 16.2. The number of rotatable bonds is 7. The van der Waals surface area contributed by atoms with Crippen molar-refractivity contribution in [3.63, 3.8) is 0 Å². The van der Waals surface area contributed by atoms with E-state index in [1.807, 2.05) is 0 Å². The maximum atomic E-state index is 10.2. The molecule has 3 fully saturated rings. The van der Waals surface area contributed by atoms with Crippen LogP contribution >= 0.6 is 0 Å². The third-order valence-corrected chi connectivity index (χ3v) is 11.6. The first-order valence-corrected chi connectivity index (χ1v) is 15.1. The summed E-state index contributed by atoms with van der Waals surface area (Å²) < 4.78 is 0. The van der Waals surface area contributed by atoms with Gasteiger partial charge in [-0.15, -0.1) is 0 Å². The topological polar surface area (TPSA) is 80.6 Å². The lowest BCUT2D eigenvalue weighted by Crippen LogP contribution is -2.50. The average molecular weight is 504 g/mol. The number of aliphatic hydroxyl groups excluding tert-OH is 2. The van der Waals surface area contributed by atoms with Gasteiger partial charge in [-0.3, -0.25) is 0 Å². The first-order valence-electron chi connectivity index (χ1n) is 15.1. The monoisotopic (exact) mass is 503 g/mol. The fourth-order valence-electron chi connectivity index (χ4n) is 9.30. The van der Waals surface area contributed by atoms with Gasteiger partial charge in [0, 0.05) is 0 Å². The lowest BCUT2D eigenvalue weighted by Gasteiger charge is -2.58. The van der Waals surface area contributed by atoms with Gasteiger partial charge in [0.2, 0.25) is 0 Å². The Hall–Kier alpha value is -0.870. The highest BCUT2D eigenvalue weighted by atomic mass is 16.4. The molecule has 0 radical (unpaired) electrons. The van der Waals surface area contributed by atoms with Crippen molar-refractivity contribution < 1.29 is 20.1 Å². The molecular formula is C32H55O4-. The van der Waals surface area contributed by atoms with Crippen LogP contribution < -0.4 is 5.11 Å². The Morgan fingerprint density at radius 1 is 1.06 bits per heavy atom. The van der Waals surface area contributed by atoms with Crippen molar-refractivity contribution in [2.24, 2.45) is 52.3 Å². The molecule has 36 heavy (non-hydrogen) atoms. The van der Waals surface area contributed by atoms with Crippen LogP contribution in [-0.4, -0.2) is 28.4 Å². The van der Waals surface area contributed by atoms with Gasteiger partial charge in [0.25, 0.3) is 0 Å². The molecule has 0 saturated heterocycles. The number of hydrogen-bond donors (Lipinski definition) is 2. The normalized spacial score (nSPS) is 40.1. The van der Waals surface area contributed by atoms with Crippen LogP contribution in [0.5, 0.6) is 0 Å². The Balaban J connectivity index is 0.000000538. The lowest BCUT2D eigenvalue weighted by atomic mass is 9.47. The molecule has 1 unspecified atom stereocenters. The summed E-state index contributed by atoms with van der Waals surface area (Å²) in [6, 6.07) is 0. The number of allylic oxidation sites excluding steroid dienone is 1. The molecule has 0 amide bonds. The number of carbonyl (C=O) groups excluding carboxylic acids is 1. The van der Waals surface area contributed by atoms with Gasteiger partial charge in [-0.2, -0.15) is 0 Å². The van der Waals surface area contributed by atoms with Gasteiger partial charge in [-0.1, -0.05) is 66.0 Å². The van der Waals surface area contributed by atoms with Crippen LogP contribution in [-0.2, 0) is 4.79 Å². The summed E-state index contributed by atoms with van der Waals surface area (Å²) in [7, 11) is 0. The molecule has 4 aliphatic rings. The van der Waals surface area contributed by atoms with Gasteiger partial charge in [-0.25, -0.2) is 0 Å². The predicted octanol–water partition coefficient (Wildman–Crippen LogP) is 6.14. The van der Waals surface area contributed by atoms with Crippen molar-refractivity contribution >= 4 is 5.97 Å². The van der Waals surface area contributed by atoms with Crippen LogP contribution in [0.25, 0.3) is 0 Å². The minimum absolute atomic E-state index is 0.0794. The molecule has 0 bridgehead atoms. The predicted molar refractivity (Wildman–Crippen MR) is 145 cm³/mol. The molecule has 4 nitrogen and oxygen atoms in total. The van der Waals surface area contributed by atoms with Gasteiger partial charge in [-0.05, 0) is 117 Å². The van der Waals surface area contributed by atoms with Gasteiger partial charge in [0.1, 0.15) is 0 Å². The van der Waals surface area contributed by atoms with E-state index in [0.717, 1.165) is 61.2 Å². The Morgan fingerprint density at radius 3 is 2.31 bits per heavy atom. The smallest absolute Gasteiger partial charge is 0.0905 e. The molecule has 4 aliphatic carbocycles. The number of aliphatic carboxylic acids is 1. The minimum atomic E-state index is -1.44. The molecule has 4 heteroatoms. The number of aliphatic hydroxyl groups is 2. The van der Waals surface area contributed by atoms with Crippen LogP contribution in [0.15, 0.2) is 11.6 Å². The second-order valence-electron chi connectivity index (χ2n) is 13.8. The van der Waals surface area contributed by atoms with Crippen molar-refractivity contribution in [2.75, 3.05) is 0 Å². The first kappa shape index (κ1) is 29.7. The van der Waals surface area contributed by atoms with Crippen LogP contribution in [0.4, 0.5) is 0 Å². The SMILES string of the molecule is CC(O)C(=O)[O-].CC[C@H](CC[C@@H](C)[C@H]1CC[C@H]2[C@@H]3CC=C4C[C@@H](O)CC[C@]4(C)[C@H]3CC[C@]12C)C(C)C. The fraction of sp³-hybridized carbons (Fsp3) is 0.906. The van der Waals surface area contributed by atoms with E-state index in [9.17, 15) is 15.0 Å². The molecule has 0 aromatic rings. The highest BCUT2D eigenvalue weighted by Crippen LogP contribution is 2.67. The largest absolute Gasteiger partial charge is 0.547 e. The molecule has 3 saturated carbocycles. The maximum absolute atomic E-state index is 10.2. The van der Waals surface area contributed by atoms with Crippen molar-refractivity contribution in [3.05, 3.63) is 11.6 Å². The third kappa shape index (κ3) is 5.90. The summed E-state index contributed by atoms with van der Waals surface area (Å²) in [5.41, 5.74) is 2.59. The summed E-state index contributed by atoms with van der Waals surface area (Å²) in [6.07, 6.45) is 15.8. The Bertz CT molecular complexity index is 772. The molecule has 4 rings (SSSR count). The van der Waals surface area contributed by atoms with E-state index >= 15 is 0 Å². The number of carboxylic acids is 1. The maximum Gasteiger partial charge on any atom is 0.0905 e. The zero-order chi connectivity index (χ0) is 26.8. The molecule has 10 atom stereocenters. The summed E-state index contributed by atoms with van der Waals surface area (Å²) in [5, 5.41) is 27.6. The van der Waals surface area contributed by atoms with E-state index in [1.165, 1.54) is 57.8 Å². The molecule has 0 aromatic heterocycles. The second-order valence-corrected chi connectivity index (χ2v) is 13.8.